The number of anilines is 1. The van der Waals surface area contributed by atoms with Crippen molar-refractivity contribution < 1.29 is 35.1 Å². The predicted molar refractivity (Wildman–Crippen MR) is 205 cm³/mol. The lowest BCUT2D eigenvalue weighted by atomic mass is 10.0. The second-order valence-electron chi connectivity index (χ2n) is 13.3. The molecule has 298 valence electrons. The third-order valence-electron chi connectivity index (χ3n) is 8.88. The van der Waals surface area contributed by atoms with Crippen molar-refractivity contribution in [3.8, 4) is 0 Å². The Labute approximate surface area is 317 Å². The number of guanidine groups is 1. The van der Waals surface area contributed by atoms with Gasteiger partial charge in [-0.15, -0.1) is 0 Å². The van der Waals surface area contributed by atoms with Gasteiger partial charge in [0.15, 0.2) is 22.6 Å². The number of carbonyl (C=O) groups excluding carboxylic acids is 2. The monoisotopic (exact) mass is 765 g/mol. The summed E-state index contributed by atoms with van der Waals surface area (Å²) in [6.45, 7) is 5.28. The maximum Gasteiger partial charge on any atom is 0.280 e. The molecule has 2 amide bonds. The topological polar surface area (TPSA) is 279 Å². The number of aliphatic imine (C=N–C) groups is 1. The van der Waals surface area contributed by atoms with E-state index in [1.54, 1.807) is 6.92 Å². The summed E-state index contributed by atoms with van der Waals surface area (Å²) in [7, 11) is 0. The molecule has 2 aromatic rings. The highest BCUT2D eigenvalue weighted by Gasteiger charge is 2.31. The Hall–Kier alpha value is -3.48. The molecule has 1 heterocycles. The first-order valence-corrected chi connectivity index (χ1v) is 18.7. The van der Waals surface area contributed by atoms with Crippen molar-refractivity contribution in [3.63, 3.8) is 0 Å². The smallest absolute Gasteiger partial charge is 0.280 e. The molecule has 0 aliphatic carbocycles. The first-order chi connectivity index (χ1) is 25.3. The van der Waals surface area contributed by atoms with Gasteiger partial charge in [-0.25, -0.2) is 9.97 Å². The number of benzene rings is 1. The summed E-state index contributed by atoms with van der Waals surface area (Å²) in [5.74, 6) is -1.18. The number of aryl methyl sites for hydroxylation is 3. The van der Waals surface area contributed by atoms with Crippen LogP contribution in [0.2, 0.25) is 5.15 Å². The summed E-state index contributed by atoms with van der Waals surface area (Å²) < 4.78 is 0. The minimum Gasteiger partial charge on any atom is -0.394 e. The molecule has 0 spiro atoms. The second kappa shape index (κ2) is 24.8. The summed E-state index contributed by atoms with van der Waals surface area (Å²) in [6.07, 6.45) is 2.19. The van der Waals surface area contributed by atoms with Crippen molar-refractivity contribution in [2.75, 3.05) is 45.1 Å². The molecular weight excluding hydrogens is 706 g/mol. The average Bonchev–Trinajstić information content (AvgIpc) is 3.13. The summed E-state index contributed by atoms with van der Waals surface area (Å²) in [5.41, 5.74) is 19.9. The number of nitrogen functional groups attached to an aromatic ring is 1. The quantitative estimate of drug-likeness (QED) is 0.0348. The van der Waals surface area contributed by atoms with Crippen LogP contribution in [0.5, 0.6) is 0 Å². The molecule has 0 aliphatic heterocycles. The standard InChI is InChI=1S/C36H60ClN9O7/c1-3-4-5-8-19-46(21-27(48)30(50)31(51)28(49)22-47)20-9-18-41-26(34(39)52)16-15-25-13-11-24(12-14-25)10-6-7-17-42-36(40)45-35(53)29-33(38)43-23(2)32(37)44-29/h11-14,26-28,30-31,41,47-51H,3-10,15-22H2,1-2H3,(H2,38,43)(H2,39,52)(H3,40,42,45,53)/t26-,27-,28+,30+,31+/m0/s1. The number of aliphatic hydroxyl groups excluding tert-OH is 5. The molecule has 13 N–H and O–H groups in total. The highest BCUT2D eigenvalue weighted by Crippen LogP contribution is 2.15. The Morgan fingerprint density at radius 3 is 2.19 bits per heavy atom. The van der Waals surface area contributed by atoms with Crippen LogP contribution in [-0.4, -0.2) is 128 Å². The number of carbonyl (C=O) groups is 2. The Morgan fingerprint density at radius 2 is 1.55 bits per heavy atom. The van der Waals surface area contributed by atoms with Crippen LogP contribution in [0.15, 0.2) is 29.3 Å². The lowest BCUT2D eigenvalue weighted by Gasteiger charge is -2.30. The van der Waals surface area contributed by atoms with Crippen molar-refractivity contribution in [3.05, 3.63) is 51.9 Å². The van der Waals surface area contributed by atoms with Crippen LogP contribution >= 0.6 is 11.6 Å². The van der Waals surface area contributed by atoms with E-state index >= 15 is 0 Å². The third-order valence-corrected chi connectivity index (χ3v) is 9.24. The molecule has 5 atom stereocenters. The van der Waals surface area contributed by atoms with E-state index in [1.165, 1.54) is 0 Å². The van der Waals surface area contributed by atoms with Gasteiger partial charge >= 0.3 is 0 Å². The molecule has 0 bridgehead atoms. The molecule has 1 aromatic carbocycles. The number of primary amides is 1. The summed E-state index contributed by atoms with van der Waals surface area (Å²) in [4.78, 5) is 38.7. The number of hydrogen-bond donors (Lipinski definition) is 10. The molecule has 0 aliphatic rings. The van der Waals surface area contributed by atoms with E-state index in [-0.39, 0.29) is 29.2 Å². The van der Waals surface area contributed by atoms with E-state index in [0.29, 0.717) is 51.1 Å². The highest BCUT2D eigenvalue weighted by atomic mass is 35.5. The van der Waals surface area contributed by atoms with Gasteiger partial charge in [0, 0.05) is 13.1 Å². The van der Waals surface area contributed by atoms with Crippen molar-refractivity contribution in [1.82, 2.24) is 25.5 Å². The average molecular weight is 766 g/mol. The van der Waals surface area contributed by atoms with Crippen molar-refractivity contribution >= 4 is 35.2 Å². The van der Waals surface area contributed by atoms with Gasteiger partial charge in [-0.05, 0) is 82.6 Å². The fourth-order valence-electron chi connectivity index (χ4n) is 5.64. The minimum absolute atomic E-state index is 0.0497. The van der Waals surface area contributed by atoms with Gasteiger partial charge in [0.05, 0.1) is 24.4 Å². The van der Waals surface area contributed by atoms with Crippen molar-refractivity contribution in [1.29, 1.82) is 0 Å². The summed E-state index contributed by atoms with van der Waals surface area (Å²) >= 11 is 5.95. The van der Waals surface area contributed by atoms with Crippen LogP contribution < -0.4 is 27.8 Å². The number of aliphatic hydroxyl groups is 5. The van der Waals surface area contributed by atoms with E-state index in [2.05, 4.69) is 44.7 Å². The first kappa shape index (κ1) is 45.7. The maximum atomic E-state index is 12.4. The molecule has 2 rings (SSSR count). The van der Waals surface area contributed by atoms with Gasteiger partial charge in [-0.2, -0.15) is 0 Å². The van der Waals surface area contributed by atoms with Gasteiger partial charge in [-0.1, -0.05) is 62.1 Å². The Kier molecular flexibility index (Phi) is 21.3. The zero-order valence-electron chi connectivity index (χ0n) is 31.0. The predicted octanol–water partition coefficient (Wildman–Crippen LogP) is 0.172. The number of rotatable bonds is 26. The molecule has 17 heteroatoms. The Morgan fingerprint density at radius 1 is 0.906 bits per heavy atom. The Balaban J connectivity index is 1.76. The van der Waals surface area contributed by atoms with E-state index in [1.807, 2.05) is 17.0 Å². The zero-order chi connectivity index (χ0) is 39.3. The van der Waals surface area contributed by atoms with Gasteiger partial charge in [0.2, 0.25) is 5.91 Å². The lowest BCUT2D eigenvalue weighted by Crippen LogP contribution is -2.50. The maximum absolute atomic E-state index is 12.4. The second-order valence-corrected chi connectivity index (χ2v) is 13.6. The third kappa shape index (κ3) is 17.0. The minimum atomic E-state index is -1.67. The number of amides is 2. The van der Waals surface area contributed by atoms with Gasteiger partial charge in [0.1, 0.15) is 18.3 Å². The largest absolute Gasteiger partial charge is 0.394 e. The van der Waals surface area contributed by atoms with Crippen molar-refractivity contribution in [2.24, 2.45) is 16.5 Å². The molecule has 1 aromatic heterocycles. The molecule has 0 unspecified atom stereocenters. The van der Waals surface area contributed by atoms with Crippen LogP contribution in [0.25, 0.3) is 0 Å². The fraction of sp³-hybridized carbons (Fsp3) is 0.639. The van der Waals surface area contributed by atoms with Gasteiger partial charge in [-0.3, -0.25) is 19.9 Å². The van der Waals surface area contributed by atoms with Crippen LogP contribution in [0.1, 0.15) is 85.6 Å². The number of unbranched alkanes of at least 4 members (excludes halogenated alkanes) is 4. The molecule has 53 heavy (non-hydrogen) atoms. The van der Waals surface area contributed by atoms with E-state index < -0.39 is 48.9 Å². The van der Waals surface area contributed by atoms with Crippen LogP contribution in [0, 0.1) is 6.92 Å². The molecule has 0 fully saturated rings. The van der Waals surface area contributed by atoms with Gasteiger partial charge in [0.25, 0.3) is 5.91 Å². The first-order valence-electron chi connectivity index (χ1n) is 18.3. The molecule has 16 nitrogen and oxygen atoms in total. The number of nitrogens with two attached hydrogens (primary N) is 3. The van der Waals surface area contributed by atoms with Crippen LogP contribution in [0.3, 0.4) is 0 Å². The fourth-order valence-corrected chi connectivity index (χ4v) is 5.77. The van der Waals surface area contributed by atoms with E-state index in [0.717, 1.165) is 56.1 Å². The molecule has 0 radical (unpaired) electrons. The van der Waals surface area contributed by atoms with Crippen molar-refractivity contribution in [2.45, 2.75) is 109 Å². The lowest BCUT2D eigenvalue weighted by molar-refractivity contribution is -0.120. The normalized spacial score (nSPS) is 14.8. The summed E-state index contributed by atoms with van der Waals surface area (Å²) in [6, 6.07) is 7.67. The van der Waals surface area contributed by atoms with E-state index in [4.69, 9.17) is 33.9 Å². The molecule has 0 saturated heterocycles. The molecular formula is C36H60ClN9O7. The number of halogens is 1. The highest BCUT2D eigenvalue weighted by molar-refractivity contribution is 6.30. The SMILES string of the molecule is CCCCCCN(CCCN[C@@H](CCc1ccc(CCCCN=C(N)NC(=O)c2nc(Cl)c(C)nc2N)cc1)C(N)=O)C[C@H](O)[C@@H](O)[C@H](O)[C@H](O)CO. The van der Waals surface area contributed by atoms with Crippen LogP contribution in [-0.2, 0) is 17.6 Å². The number of nitrogens with zero attached hydrogens (tertiary/aromatic N) is 4. The Bertz CT molecular complexity index is 1420. The summed E-state index contributed by atoms with van der Waals surface area (Å²) in [5, 5.41) is 55.3. The molecule has 0 saturated carbocycles. The number of hydrogen-bond acceptors (Lipinski definition) is 13. The van der Waals surface area contributed by atoms with Crippen LogP contribution in [0.4, 0.5) is 5.82 Å². The van der Waals surface area contributed by atoms with E-state index in [9.17, 15) is 30.0 Å². The number of nitrogens with one attached hydrogen (secondary N) is 2. The number of aromatic nitrogens is 2. The van der Waals surface area contributed by atoms with Gasteiger partial charge < -0.3 is 53.0 Å². The zero-order valence-corrected chi connectivity index (χ0v) is 31.7.